The predicted molar refractivity (Wildman–Crippen MR) is 184 cm³/mol. The van der Waals surface area contributed by atoms with E-state index in [4.69, 9.17) is 10.4 Å². The van der Waals surface area contributed by atoms with Crippen molar-refractivity contribution in [3.8, 4) is 0 Å². The third kappa shape index (κ3) is 16.3. The van der Waals surface area contributed by atoms with E-state index in [1.165, 1.54) is 31.1 Å². The van der Waals surface area contributed by atoms with Gasteiger partial charge in [-0.25, -0.2) is 0 Å². The molecule has 3 aromatic carbocycles. The second-order valence-corrected chi connectivity index (χ2v) is 11.3. The Bertz CT molecular complexity index is 1300. The van der Waals surface area contributed by atoms with Gasteiger partial charge in [0.15, 0.2) is 5.78 Å². The molecule has 5 heteroatoms. The molecule has 0 amide bonds. The Morgan fingerprint density at radius 1 is 0.750 bits per heavy atom. The third-order valence-electron chi connectivity index (χ3n) is 6.12. The number of carbonyl (C=O) groups excluding carboxylic acids is 1. The number of aliphatic hydroxyl groups excluding tert-OH is 1. The van der Waals surface area contributed by atoms with Crippen LogP contribution >= 0.6 is 0 Å². The van der Waals surface area contributed by atoms with Crippen molar-refractivity contribution in [1.29, 1.82) is 0 Å². The van der Waals surface area contributed by atoms with Crippen LogP contribution in [0.4, 0.5) is 5.69 Å². The molecule has 1 aromatic heterocycles. The van der Waals surface area contributed by atoms with E-state index in [0.717, 1.165) is 22.5 Å². The molecule has 4 aromatic rings. The van der Waals surface area contributed by atoms with Gasteiger partial charge in [0.2, 0.25) is 0 Å². The van der Waals surface area contributed by atoms with Gasteiger partial charge in [-0.05, 0) is 37.8 Å². The number of para-hydroxylation sites is 1. The quantitative estimate of drug-likeness (QED) is 0.126. The number of nitrogens with zero attached hydrogens (tertiary/aromatic N) is 2. The Morgan fingerprint density at radius 2 is 1.18 bits per heavy atom. The van der Waals surface area contributed by atoms with E-state index in [1.54, 1.807) is 0 Å². The van der Waals surface area contributed by atoms with Gasteiger partial charge in [0.1, 0.15) is 0 Å². The Morgan fingerprint density at radius 3 is 1.45 bits per heavy atom. The van der Waals surface area contributed by atoms with Gasteiger partial charge in [-0.3, -0.25) is 9.78 Å². The van der Waals surface area contributed by atoms with Gasteiger partial charge in [0.25, 0.3) is 0 Å². The van der Waals surface area contributed by atoms with Crippen LogP contribution in [0.5, 0.6) is 0 Å². The molecule has 1 N–H and O–H groups in total. The van der Waals surface area contributed by atoms with Crippen LogP contribution in [-0.4, -0.2) is 15.9 Å². The fourth-order valence-corrected chi connectivity index (χ4v) is 3.95. The second kappa shape index (κ2) is 21.2. The van der Waals surface area contributed by atoms with E-state index < -0.39 is 0 Å². The van der Waals surface area contributed by atoms with Gasteiger partial charge in [-0.2, -0.15) is 49.2 Å². The summed E-state index contributed by atoms with van der Waals surface area (Å²) in [4.78, 5) is 14.5. The smallest absolute Gasteiger partial charge is 0.674 e. The van der Waals surface area contributed by atoms with E-state index in [0.29, 0.717) is 11.8 Å². The molecule has 0 aliphatic carbocycles. The molecule has 0 unspecified atom stereocenters. The topological polar surface area (TPSA) is 64.3 Å². The van der Waals surface area contributed by atoms with Gasteiger partial charge in [0.05, 0.1) is 5.76 Å². The number of pyridine rings is 1. The number of aliphatic hydroxyl groups is 1. The SMILES string of the molecule is CC(=O)/C=C(/C)O.CC(C)c1cccc(C(C)C)c1[N-]C(C)(C)c1ccccn1.[CH2-]c1ccccc1.[CH2-]c1ccccc1.[Zr+3]. The summed E-state index contributed by atoms with van der Waals surface area (Å²) in [5.41, 5.74) is 6.58. The van der Waals surface area contributed by atoms with Crippen molar-refractivity contribution in [2.75, 3.05) is 0 Å². The molecule has 0 fully saturated rings. The molecule has 0 atom stereocenters. The summed E-state index contributed by atoms with van der Waals surface area (Å²) in [5, 5.41) is 13.5. The summed E-state index contributed by atoms with van der Waals surface area (Å²) in [6, 6.07) is 32.3. The normalized spacial score (nSPS) is 10.5. The first kappa shape index (κ1) is 40.4. The fourth-order valence-electron chi connectivity index (χ4n) is 3.95. The fraction of sp³-hybridized carbons (Fsp3) is 0.282. The van der Waals surface area contributed by atoms with Crippen molar-refractivity contribution < 1.29 is 36.1 Å². The monoisotopic (exact) mass is 667 g/mol. The maximum atomic E-state index is 10.0. The maximum absolute atomic E-state index is 10.0. The van der Waals surface area contributed by atoms with Gasteiger partial charge >= 0.3 is 26.2 Å². The van der Waals surface area contributed by atoms with Crippen molar-refractivity contribution >= 4 is 11.5 Å². The molecule has 0 aliphatic heterocycles. The zero-order valence-electron chi connectivity index (χ0n) is 27.7. The number of allylic oxidation sites excluding steroid dienone is 2. The van der Waals surface area contributed by atoms with E-state index in [1.807, 2.05) is 79.0 Å². The zero-order valence-corrected chi connectivity index (χ0v) is 30.2. The van der Waals surface area contributed by atoms with Crippen LogP contribution in [0.1, 0.15) is 95.2 Å². The van der Waals surface area contributed by atoms with Crippen molar-refractivity contribution in [1.82, 2.24) is 4.98 Å². The predicted octanol–water partition coefficient (Wildman–Crippen LogP) is 11.0. The van der Waals surface area contributed by atoms with Gasteiger partial charge in [-0.1, -0.05) is 94.6 Å². The molecule has 1 heterocycles. The van der Waals surface area contributed by atoms with Crippen LogP contribution in [0.3, 0.4) is 0 Å². The van der Waals surface area contributed by atoms with Crippen LogP contribution in [-0.2, 0) is 36.5 Å². The first-order valence-corrected chi connectivity index (χ1v) is 14.6. The van der Waals surface area contributed by atoms with Crippen LogP contribution in [0.2, 0.25) is 0 Å². The minimum absolute atomic E-state index is 0. The number of aromatic nitrogens is 1. The minimum atomic E-state index is -0.337. The van der Waals surface area contributed by atoms with Crippen LogP contribution in [0.15, 0.2) is 115 Å². The van der Waals surface area contributed by atoms with Crippen molar-refractivity contribution in [3.63, 3.8) is 0 Å². The molecule has 0 saturated heterocycles. The number of ketones is 1. The van der Waals surface area contributed by atoms with E-state index in [2.05, 4.69) is 84.6 Å². The molecule has 231 valence electrons. The molecule has 4 rings (SSSR count). The number of hydrogen-bond acceptors (Lipinski definition) is 3. The third-order valence-corrected chi connectivity index (χ3v) is 6.12. The molecule has 0 saturated carbocycles. The van der Waals surface area contributed by atoms with Gasteiger partial charge in [0, 0.05) is 18.0 Å². The zero-order chi connectivity index (χ0) is 32.4. The summed E-state index contributed by atoms with van der Waals surface area (Å²) >= 11 is 0. The molecular formula is C39H49N2O2Zr. The molecule has 4 nitrogen and oxygen atoms in total. The first-order chi connectivity index (χ1) is 20.2. The molecule has 0 spiro atoms. The first-order valence-electron chi connectivity index (χ1n) is 14.6. The summed E-state index contributed by atoms with van der Waals surface area (Å²) < 4.78 is 0. The van der Waals surface area contributed by atoms with E-state index in [9.17, 15) is 4.79 Å². The van der Waals surface area contributed by atoms with Crippen molar-refractivity contribution in [2.24, 2.45) is 0 Å². The van der Waals surface area contributed by atoms with Crippen molar-refractivity contribution in [2.45, 2.75) is 72.8 Å². The Hall–Kier alpha value is -3.56. The summed E-state index contributed by atoms with van der Waals surface area (Å²) in [7, 11) is 0. The van der Waals surface area contributed by atoms with Crippen LogP contribution < -0.4 is 0 Å². The number of carbonyl (C=O) groups is 1. The Balaban J connectivity index is 0.000000682. The minimum Gasteiger partial charge on any atom is -0.674 e. The maximum Gasteiger partial charge on any atom is 3.00 e. The van der Waals surface area contributed by atoms with Crippen LogP contribution in [0, 0.1) is 13.8 Å². The van der Waals surface area contributed by atoms with Gasteiger partial charge < -0.3 is 10.4 Å². The van der Waals surface area contributed by atoms with Gasteiger partial charge in [-0.15, -0.1) is 30.0 Å². The second-order valence-electron chi connectivity index (χ2n) is 11.3. The molecule has 0 aliphatic rings. The average molecular weight is 669 g/mol. The summed E-state index contributed by atoms with van der Waals surface area (Å²) in [6.07, 6.45) is 3.00. The van der Waals surface area contributed by atoms with E-state index in [-0.39, 0.29) is 43.3 Å². The number of rotatable bonds is 6. The Labute approximate surface area is 286 Å². The largest absolute Gasteiger partial charge is 3.00 e. The Kier molecular flexibility index (Phi) is 19.5. The van der Waals surface area contributed by atoms with Crippen LogP contribution in [0.25, 0.3) is 5.32 Å². The summed E-state index contributed by atoms with van der Waals surface area (Å²) in [6.45, 7) is 23.5. The average Bonchev–Trinajstić information content (AvgIpc) is 2.94. The van der Waals surface area contributed by atoms with E-state index >= 15 is 0 Å². The number of hydrogen-bond donors (Lipinski definition) is 1. The van der Waals surface area contributed by atoms with Crippen molar-refractivity contribution in [3.05, 3.63) is 162 Å². The summed E-state index contributed by atoms with van der Waals surface area (Å²) in [5.74, 6) is 0.849. The molecule has 0 bridgehead atoms. The molecule has 1 radical (unpaired) electrons. The molecule has 44 heavy (non-hydrogen) atoms. The molecular weight excluding hydrogens is 620 g/mol. The standard InChI is InChI=1S/C20H27N2.2C7H7.C5H8O2.Zr/c1-14(2)16-10-9-11-17(15(3)4)19(16)22-20(5,6)18-12-7-8-13-21-18;2*1-7-5-3-2-4-6-7;1-4(6)3-5(2)7;/h7-15H,1-6H3;2*2-6H,1H2;3,6H,1-2H3;/q3*-1;;+3/b;;;4-3-;. The number of benzene rings is 3.